The summed E-state index contributed by atoms with van der Waals surface area (Å²) >= 11 is 0. The van der Waals surface area contributed by atoms with Crippen LogP contribution in [0.5, 0.6) is 0 Å². The van der Waals surface area contributed by atoms with Crippen LogP contribution < -0.4 is 16.0 Å². The third-order valence-electron chi connectivity index (χ3n) is 7.12. The number of hydrogen-bond donors (Lipinski definition) is 3. The molecule has 3 fully saturated rings. The lowest BCUT2D eigenvalue weighted by Crippen LogP contribution is -2.42. The Labute approximate surface area is 211 Å². The monoisotopic (exact) mass is 490 g/mol. The number of fused-ring (bicyclic) bond motifs is 1. The normalized spacial score (nSPS) is 23.1. The molecule has 3 N–H and O–H groups in total. The van der Waals surface area contributed by atoms with E-state index in [0.717, 1.165) is 93.4 Å². The first-order valence-corrected chi connectivity index (χ1v) is 13.0. The zero-order valence-corrected chi connectivity index (χ0v) is 20.6. The summed E-state index contributed by atoms with van der Waals surface area (Å²) in [7, 11) is 0. The van der Waals surface area contributed by atoms with Gasteiger partial charge in [-0.2, -0.15) is 0 Å². The summed E-state index contributed by atoms with van der Waals surface area (Å²) in [6.45, 7) is 8.13. The lowest BCUT2D eigenvalue weighted by molar-refractivity contribution is 0.0875. The van der Waals surface area contributed by atoms with Gasteiger partial charge >= 0.3 is 0 Å². The van der Waals surface area contributed by atoms with Gasteiger partial charge in [0.2, 0.25) is 5.95 Å². The molecule has 0 aliphatic carbocycles. The Hall–Kier alpha value is -2.92. The van der Waals surface area contributed by atoms with Crippen LogP contribution >= 0.6 is 0 Å². The summed E-state index contributed by atoms with van der Waals surface area (Å²) in [5.74, 6) is 2.32. The van der Waals surface area contributed by atoms with E-state index in [1.165, 1.54) is 5.56 Å². The summed E-state index contributed by atoms with van der Waals surface area (Å²) in [5, 5.41) is 11.2. The highest BCUT2D eigenvalue weighted by molar-refractivity contribution is 5.89. The predicted molar refractivity (Wildman–Crippen MR) is 139 cm³/mol. The summed E-state index contributed by atoms with van der Waals surface area (Å²) in [5.41, 5.74) is 3.04. The molecule has 3 aromatic rings. The van der Waals surface area contributed by atoms with Crippen molar-refractivity contribution in [3.05, 3.63) is 41.9 Å². The number of hydrogen-bond acceptors (Lipinski definition) is 10. The number of pyridine rings is 2. The van der Waals surface area contributed by atoms with E-state index < -0.39 is 0 Å². The number of nitrogens with zero attached hydrogens (tertiary/aromatic N) is 5. The van der Waals surface area contributed by atoms with Crippen LogP contribution in [-0.2, 0) is 16.0 Å². The zero-order chi connectivity index (χ0) is 24.2. The first-order valence-electron chi connectivity index (χ1n) is 13.0. The van der Waals surface area contributed by atoms with Crippen LogP contribution in [0.4, 0.5) is 17.6 Å². The summed E-state index contributed by atoms with van der Waals surface area (Å²) in [4.78, 5) is 21.5. The van der Waals surface area contributed by atoms with Gasteiger partial charge in [0.15, 0.2) is 5.82 Å². The maximum atomic E-state index is 5.69. The molecule has 0 saturated carbocycles. The predicted octanol–water partition coefficient (Wildman–Crippen LogP) is 2.66. The van der Waals surface area contributed by atoms with E-state index in [2.05, 4.69) is 43.0 Å². The van der Waals surface area contributed by atoms with E-state index >= 15 is 0 Å². The van der Waals surface area contributed by atoms with Crippen LogP contribution in [0.25, 0.3) is 10.9 Å². The maximum Gasteiger partial charge on any atom is 0.229 e. The molecule has 0 unspecified atom stereocenters. The van der Waals surface area contributed by atoms with Gasteiger partial charge in [-0.3, -0.25) is 4.90 Å². The van der Waals surface area contributed by atoms with Crippen molar-refractivity contribution in [2.24, 2.45) is 0 Å². The van der Waals surface area contributed by atoms with Gasteiger partial charge < -0.3 is 25.4 Å². The fraction of sp³-hybridized carbons (Fsp3) is 0.538. The van der Waals surface area contributed by atoms with Crippen LogP contribution in [0.3, 0.4) is 0 Å². The molecule has 3 aliphatic heterocycles. The third kappa shape index (κ3) is 5.57. The van der Waals surface area contributed by atoms with Crippen molar-refractivity contribution >= 4 is 28.5 Å². The van der Waals surface area contributed by atoms with E-state index in [1.807, 2.05) is 18.5 Å². The number of anilines is 3. The van der Waals surface area contributed by atoms with E-state index in [1.54, 1.807) is 0 Å². The molecule has 0 bridgehead atoms. The van der Waals surface area contributed by atoms with E-state index in [4.69, 9.17) is 19.4 Å². The quantitative estimate of drug-likeness (QED) is 0.457. The number of ether oxygens (including phenoxy) is 2. The molecule has 10 nitrogen and oxygen atoms in total. The Balaban J connectivity index is 1.22. The van der Waals surface area contributed by atoms with Crippen molar-refractivity contribution in [3.63, 3.8) is 0 Å². The lowest BCUT2D eigenvalue weighted by Gasteiger charge is -2.27. The molecular weight excluding hydrogens is 456 g/mol. The first kappa shape index (κ1) is 23.5. The minimum Gasteiger partial charge on any atom is -0.381 e. The van der Waals surface area contributed by atoms with E-state index in [-0.39, 0.29) is 6.04 Å². The van der Waals surface area contributed by atoms with Gasteiger partial charge in [-0.1, -0.05) is 6.07 Å². The zero-order valence-electron chi connectivity index (χ0n) is 20.6. The molecule has 3 aromatic heterocycles. The smallest absolute Gasteiger partial charge is 0.229 e. The van der Waals surface area contributed by atoms with Gasteiger partial charge in [-0.25, -0.2) is 19.9 Å². The van der Waals surface area contributed by atoms with Crippen LogP contribution in [0.1, 0.15) is 36.4 Å². The molecule has 0 aromatic carbocycles. The third-order valence-corrected chi connectivity index (χ3v) is 7.12. The Kier molecular flexibility index (Phi) is 7.17. The topological polar surface area (TPSA) is 109 Å². The van der Waals surface area contributed by atoms with Crippen LogP contribution in [0.2, 0.25) is 0 Å². The molecule has 36 heavy (non-hydrogen) atoms. The van der Waals surface area contributed by atoms with E-state index in [9.17, 15) is 0 Å². The average molecular weight is 491 g/mol. The standard InChI is InChI=1S/C26H34N8O2/c1-2-21(17-35-10-1)30-25-24-20(12-22(31-25)19-5-11-36-16-19)14-29-26(33-24)32-23-4-3-18(13-28-23)15-34-8-6-27-7-9-34/h3-4,12-14,19,21,27H,1-2,5-11,15-17H2,(H,30,31)(H,28,29,32,33)/t19-,21-/m0/s1. The second-order valence-corrected chi connectivity index (χ2v) is 9.85. The summed E-state index contributed by atoms with van der Waals surface area (Å²) < 4.78 is 11.3. The van der Waals surface area contributed by atoms with Crippen molar-refractivity contribution in [1.29, 1.82) is 0 Å². The summed E-state index contributed by atoms with van der Waals surface area (Å²) in [6.07, 6.45) is 6.89. The largest absolute Gasteiger partial charge is 0.381 e. The maximum absolute atomic E-state index is 5.69. The Bertz CT molecular complexity index is 1160. The minimum absolute atomic E-state index is 0.223. The highest BCUT2D eigenvalue weighted by Gasteiger charge is 2.23. The number of aromatic nitrogens is 4. The SMILES string of the molecule is c1cc(Nc2ncc3cc([C@H]4CCOC4)nc(N[C@H]4CCCOC4)c3n2)ncc1CN1CCNCC1. The second kappa shape index (κ2) is 11.0. The van der Waals surface area contributed by atoms with Gasteiger partial charge in [0.05, 0.1) is 19.3 Å². The lowest BCUT2D eigenvalue weighted by atomic mass is 10.0. The molecule has 190 valence electrons. The Morgan fingerprint density at radius 2 is 1.92 bits per heavy atom. The van der Waals surface area contributed by atoms with Crippen LogP contribution in [0, 0.1) is 0 Å². The van der Waals surface area contributed by atoms with Gasteiger partial charge in [0.25, 0.3) is 0 Å². The molecule has 6 rings (SSSR count). The number of rotatable bonds is 7. The van der Waals surface area contributed by atoms with Gasteiger partial charge in [0, 0.05) is 75.3 Å². The Morgan fingerprint density at radius 3 is 2.69 bits per heavy atom. The molecule has 2 atom stereocenters. The number of piperazine rings is 1. The van der Waals surface area contributed by atoms with E-state index in [0.29, 0.717) is 25.1 Å². The average Bonchev–Trinajstić information content (AvgIpc) is 3.47. The fourth-order valence-electron chi connectivity index (χ4n) is 5.08. The molecule has 0 amide bonds. The second-order valence-electron chi connectivity index (χ2n) is 9.85. The highest BCUT2D eigenvalue weighted by Crippen LogP contribution is 2.30. The van der Waals surface area contributed by atoms with Gasteiger partial charge in [-0.15, -0.1) is 0 Å². The van der Waals surface area contributed by atoms with Crippen molar-refractivity contribution < 1.29 is 9.47 Å². The minimum atomic E-state index is 0.223. The van der Waals surface area contributed by atoms with Crippen LogP contribution in [0.15, 0.2) is 30.6 Å². The molecule has 10 heteroatoms. The molecule has 6 heterocycles. The molecule has 0 spiro atoms. The van der Waals surface area contributed by atoms with Gasteiger partial charge in [-0.05, 0) is 37.0 Å². The summed E-state index contributed by atoms with van der Waals surface area (Å²) in [6, 6.07) is 6.43. The number of nitrogens with one attached hydrogen (secondary N) is 3. The molecular formula is C26H34N8O2. The fourth-order valence-corrected chi connectivity index (χ4v) is 5.08. The van der Waals surface area contributed by atoms with Crippen molar-refractivity contribution in [3.8, 4) is 0 Å². The highest BCUT2D eigenvalue weighted by atomic mass is 16.5. The Morgan fingerprint density at radius 1 is 1.00 bits per heavy atom. The van der Waals surface area contributed by atoms with Crippen molar-refractivity contribution in [1.82, 2.24) is 30.2 Å². The molecule has 3 aliphatic rings. The van der Waals surface area contributed by atoms with Crippen LogP contribution in [-0.4, -0.2) is 83.5 Å². The van der Waals surface area contributed by atoms with Crippen molar-refractivity contribution in [2.75, 3.05) is 63.2 Å². The van der Waals surface area contributed by atoms with Gasteiger partial charge in [0.1, 0.15) is 11.3 Å². The molecule has 0 radical (unpaired) electrons. The first-order chi connectivity index (χ1) is 17.8. The van der Waals surface area contributed by atoms with Crippen molar-refractivity contribution in [2.45, 2.75) is 37.8 Å². The molecule has 3 saturated heterocycles.